The van der Waals surface area contributed by atoms with Gasteiger partial charge in [0.1, 0.15) is 17.5 Å². The highest BCUT2D eigenvalue weighted by atomic mass is 19.4. The molecule has 3 aromatic rings. The van der Waals surface area contributed by atoms with E-state index in [1.807, 2.05) is 0 Å². The molecule has 10 nitrogen and oxygen atoms in total. The molecule has 0 spiro atoms. The molecule has 1 amide bonds. The fraction of sp³-hybridized carbons (Fsp3) is 0.150. The number of hydrogen-bond donors (Lipinski definition) is 2. The van der Waals surface area contributed by atoms with E-state index in [4.69, 9.17) is 9.84 Å². The third kappa shape index (κ3) is 5.64. The summed E-state index contributed by atoms with van der Waals surface area (Å²) >= 11 is 0. The third-order valence-electron chi connectivity index (χ3n) is 4.37. The van der Waals surface area contributed by atoms with Gasteiger partial charge in [0.25, 0.3) is 11.6 Å². The number of aliphatic carboxylic acids is 1. The molecule has 172 valence electrons. The van der Waals surface area contributed by atoms with Gasteiger partial charge in [-0.3, -0.25) is 19.6 Å². The van der Waals surface area contributed by atoms with E-state index in [1.165, 1.54) is 25.3 Å². The number of amides is 1. The van der Waals surface area contributed by atoms with Crippen LogP contribution in [0.15, 0.2) is 54.9 Å². The Balaban J connectivity index is 1.86. The Hall–Kier alpha value is -4.42. The highest BCUT2D eigenvalue weighted by Gasteiger charge is 2.30. The van der Waals surface area contributed by atoms with Crippen LogP contribution < -0.4 is 10.1 Å². The molecule has 1 heterocycles. The number of rotatable bonds is 7. The van der Waals surface area contributed by atoms with Gasteiger partial charge >= 0.3 is 12.1 Å². The molecule has 2 aromatic carbocycles. The van der Waals surface area contributed by atoms with Gasteiger partial charge in [-0.15, -0.1) is 0 Å². The largest absolute Gasteiger partial charge is 0.480 e. The van der Waals surface area contributed by atoms with Crippen LogP contribution in [0.2, 0.25) is 0 Å². The average molecular weight is 464 g/mol. The van der Waals surface area contributed by atoms with Gasteiger partial charge in [-0.1, -0.05) is 6.07 Å². The molecule has 0 radical (unpaired) electrons. The molecule has 0 fully saturated rings. The van der Waals surface area contributed by atoms with Crippen molar-refractivity contribution in [3.8, 4) is 11.5 Å². The number of carbonyl (C=O) groups is 2. The minimum Gasteiger partial charge on any atom is -0.480 e. The maximum atomic E-state index is 12.9. The van der Waals surface area contributed by atoms with E-state index >= 15 is 0 Å². The van der Waals surface area contributed by atoms with Crippen molar-refractivity contribution < 1.29 is 37.5 Å². The van der Waals surface area contributed by atoms with Gasteiger partial charge in [0.2, 0.25) is 0 Å². The van der Waals surface area contributed by atoms with Crippen LogP contribution in [0, 0.1) is 10.1 Å². The van der Waals surface area contributed by atoms with Crippen molar-refractivity contribution in [3.05, 3.63) is 76.1 Å². The molecule has 0 bridgehead atoms. The van der Waals surface area contributed by atoms with Crippen molar-refractivity contribution in [2.75, 3.05) is 5.32 Å². The molecule has 13 heteroatoms. The first kappa shape index (κ1) is 23.2. The first-order chi connectivity index (χ1) is 15.4. The first-order valence-corrected chi connectivity index (χ1v) is 9.17. The molecular formula is C20H15F3N4O6. The smallest absolute Gasteiger partial charge is 0.416 e. The van der Waals surface area contributed by atoms with Crippen LogP contribution in [-0.4, -0.2) is 31.7 Å². The molecule has 33 heavy (non-hydrogen) atoms. The van der Waals surface area contributed by atoms with Crippen LogP contribution >= 0.6 is 0 Å². The number of hydrogen-bond acceptors (Lipinski definition) is 6. The Kier molecular flexibility index (Phi) is 6.33. The predicted molar refractivity (Wildman–Crippen MR) is 107 cm³/mol. The number of nitrogens with one attached hydrogen (secondary N) is 1. The minimum atomic E-state index is -4.61. The van der Waals surface area contributed by atoms with Gasteiger partial charge in [0.05, 0.1) is 34.0 Å². The summed E-state index contributed by atoms with van der Waals surface area (Å²) in [5.41, 5.74) is -1.54. The van der Waals surface area contributed by atoms with E-state index in [1.54, 1.807) is 0 Å². The maximum Gasteiger partial charge on any atom is 0.416 e. The van der Waals surface area contributed by atoms with Gasteiger partial charge < -0.3 is 15.2 Å². The summed E-state index contributed by atoms with van der Waals surface area (Å²) in [7, 11) is 0. The fourth-order valence-electron chi connectivity index (χ4n) is 2.68. The zero-order valence-electron chi connectivity index (χ0n) is 16.7. The number of nitrogens with zero attached hydrogens (tertiary/aromatic N) is 3. The minimum absolute atomic E-state index is 0.0186. The molecule has 2 N–H and O–H groups in total. The van der Waals surface area contributed by atoms with Crippen LogP contribution in [0.5, 0.6) is 11.5 Å². The van der Waals surface area contributed by atoms with Gasteiger partial charge in [-0.25, -0.2) is 4.79 Å². The number of benzene rings is 2. The number of carbonyl (C=O) groups excluding carboxylic acids is 1. The number of nitro groups is 1. The summed E-state index contributed by atoms with van der Waals surface area (Å²) in [6.45, 7) is 1.36. The lowest BCUT2D eigenvalue weighted by molar-refractivity contribution is -0.384. The van der Waals surface area contributed by atoms with E-state index in [-0.39, 0.29) is 22.7 Å². The molecule has 1 aromatic heterocycles. The van der Waals surface area contributed by atoms with Gasteiger partial charge in [0, 0.05) is 18.3 Å². The Bertz CT molecular complexity index is 1220. The van der Waals surface area contributed by atoms with Crippen LogP contribution in [0.3, 0.4) is 0 Å². The number of halogens is 3. The Labute approximate surface area is 183 Å². The summed E-state index contributed by atoms with van der Waals surface area (Å²) in [5.74, 6) is -2.31. The van der Waals surface area contributed by atoms with Crippen molar-refractivity contribution in [3.63, 3.8) is 0 Å². The second-order valence-electron chi connectivity index (χ2n) is 6.78. The summed E-state index contributed by atoms with van der Waals surface area (Å²) in [6.07, 6.45) is -2.30. The first-order valence-electron chi connectivity index (χ1n) is 9.17. The molecule has 0 saturated heterocycles. The molecule has 0 aliphatic heterocycles. The molecular weight excluding hydrogens is 449 g/mol. The molecule has 0 aliphatic rings. The lowest BCUT2D eigenvalue weighted by Gasteiger charge is -2.11. The average Bonchev–Trinajstić information content (AvgIpc) is 3.23. The maximum absolute atomic E-state index is 12.9. The Morgan fingerprint density at radius 1 is 1.21 bits per heavy atom. The number of carboxylic acids is 1. The van der Waals surface area contributed by atoms with Crippen molar-refractivity contribution in [2.45, 2.75) is 19.1 Å². The zero-order valence-corrected chi connectivity index (χ0v) is 16.7. The monoisotopic (exact) mass is 464 g/mol. The van der Waals surface area contributed by atoms with Crippen molar-refractivity contribution in [1.29, 1.82) is 0 Å². The highest BCUT2D eigenvalue weighted by Crippen LogP contribution is 2.34. The summed E-state index contributed by atoms with van der Waals surface area (Å²) < 4.78 is 45.1. The molecule has 3 rings (SSSR count). The molecule has 1 unspecified atom stereocenters. The van der Waals surface area contributed by atoms with Crippen molar-refractivity contribution >= 4 is 23.3 Å². The molecule has 0 aliphatic carbocycles. The van der Waals surface area contributed by atoms with E-state index < -0.39 is 40.3 Å². The molecule has 1 atom stereocenters. The van der Waals surface area contributed by atoms with Crippen molar-refractivity contribution in [1.82, 2.24) is 9.78 Å². The summed E-state index contributed by atoms with van der Waals surface area (Å²) in [6, 6.07) is 6.11. The normalized spacial score (nSPS) is 12.1. The number of carboxylic acid groups (broad SMARTS) is 1. The second-order valence-corrected chi connectivity index (χ2v) is 6.78. The number of alkyl halides is 3. The lowest BCUT2D eigenvalue weighted by Crippen LogP contribution is -2.16. The van der Waals surface area contributed by atoms with Crippen LogP contribution in [0.1, 0.15) is 28.9 Å². The zero-order chi connectivity index (χ0) is 24.3. The van der Waals surface area contributed by atoms with Crippen LogP contribution in [-0.2, 0) is 11.0 Å². The lowest BCUT2D eigenvalue weighted by atomic mass is 10.2. The Morgan fingerprint density at radius 3 is 2.58 bits per heavy atom. The number of non-ortho nitro benzene ring substituents is 1. The van der Waals surface area contributed by atoms with Gasteiger partial charge in [-0.05, 0) is 25.1 Å². The summed E-state index contributed by atoms with van der Waals surface area (Å²) in [4.78, 5) is 34.0. The topological polar surface area (TPSA) is 137 Å². The fourth-order valence-corrected chi connectivity index (χ4v) is 2.68. The summed E-state index contributed by atoms with van der Waals surface area (Å²) in [5, 5.41) is 26.5. The van der Waals surface area contributed by atoms with E-state index in [9.17, 15) is 32.9 Å². The number of anilines is 1. The van der Waals surface area contributed by atoms with Gasteiger partial charge in [0.15, 0.2) is 0 Å². The number of aromatic nitrogens is 2. The van der Waals surface area contributed by atoms with Crippen molar-refractivity contribution in [2.24, 2.45) is 0 Å². The second kappa shape index (κ2) is 8.98. The SMILES string of the molecule is CC(C(=O)O)n1cc(C(=O)Nc2cc(Oc3cccc(C(F)(F)F)c3)cc([N+](=O)[O-])c2)cn1. The number of nitro benzene ring substituents is 1. The van der Waals surface area contributed by atoms with E-state index in [2.05, 4.69) is 10.4 Å². The quantitative estimate of drug-likeness (QED) is 0.388. The molecule has 0 saturated carbocycles. The third-order valence-corrected chi connectivity index (χ3v) is 4.37. The van der Waals surface area contributed by atoms with Crippen LogP contribution in [0.4, 0.5) is 24.5 Å². The standard InChI is InChI=1S/C20H15F3N4O6/c1-11(19(29)30)26-10-12(9-24-26)18(28)25-14-6-15(27(31)32)8-17(7-14)33-16-4-2-3-13(5-16)20(21,22)23/h2-11H,1H3,(H,25,28)(H,29,30). The predicted octanol–water partition coefficient (Wildman–Crippen LogP) is 4.50. The Morgan fingerprint density at radius 2 is 1.94 bits per heavy atom. The van der Waals surface area contributed by atoms with Gasteiger partial charge in [-0.2, -0.15) is 18.3 Å². The number of ether oxygens (including phenoxy) is 1. The van der Waals surface area contributed by atoms with E-state index in [0.29, 0.717) is 0 Å². The van der Waals surface area contributed by atoms with E-state index in [0.717, 1.165) is 41.2 Å². The van der Waals surface area contributed by atoms with Crippen LogP contribution in [0.25, 0.3) is 0 Å². The highest BCUT2D eigenvalue weighted by molar-refractivity contribution is 6.04.